The first-order chi connectivity index (χ1) is 23.5. The maximum Gasteiger partial charge on any atom is 0.184 e. The molecule has 0 radical (unpaired) electrons. The minimum absolute atomic E-state index is 0.143. The van der Waals surface area contributed by atoms with Crippen molar-refractivity contribution in [1.29, 1.82) is 0 Å². The molecule has 0 aromatic heterocycles. The molecule has 4 aromatic rings. The van der Waals surface area contributed by atoms with Crippen LogP contribution in [-0.2, 0) is 43.5 Å². The van der Waals surface area contributed by atoms with Crippen LogP contribution in [0.5, 0.6) is 17.2 Å². The van der Waals surface area contributed by atoms with E-state index in [0.29, 0.717) is 5.75 Å². The number of hydrogen-bond donors (Lipinski definition) is 2. The van der Waals surface area contributed by atoms with Crippen LogP contribution in [0.25, 0.3) is 0 Å². The van der Waals surface area contributed by atoms with E-state index in [1.165, 1.54) is 0 Å². The van der Waals surface area contributed by atoms with E-state index in [1.54, 1.807) is 21.3 Å². The average molecular weight is 661 g/mol. The predicted octanol–water partition coefficient (Wildman–Crippen LogP) is 5.24. The second-order valence-corrected chi connectivity index (χ2v) is 11.4. The Kier molecular flexibility index (Phi) is 13.2. The number of rotatable bonds is 17. The van der Waals surface area contributed by atoms with Crippen LogP contribution in [0.2, 0.25) is 0 Å². The van der Waals surface area contributed by atoms with Crippen molar-refractivity contribution in [2.45, 2.75) is 56.6 Å². The highest BCUT2D eigenvalue weighted by Crippen LogP contribution is 2.33. The van der Waals surface area contributed by atoms with Crippen LogP contribution in [0, 0.1) is 0 Å². The van der Waals surface area contributed by atoms with Crippen molar-refractivity contribution in [3.05, 3.63) is 125 Å². The summed E-state index contributed by atoms with van der Waals surface area (Å²) in [5.74, 6) is 2.18. The predicted molar refractivity (Wildman–Crippen MR) is 178 cm³/mol. The Bertz CT molecular complexity index is 1480. The van der Waals surface area contributed by atoms with Crippen LogP contribution in [0.3, 0.4) is 0 Å². The molecule has 2 N–H and O–H groups in total. The van der Waals surface area contributed by atoms with Crippen LogP contribution >= 0.6 is 0 Å². The van der Waals surface area contributed by atoms with Crippen LogP contribution in [-0.4, -0.2) is 75.3 Å². The molecule has 10 heteroatoms. The maximum absolute atomic E-state index is 11.9. The normalized spacial score (nSPS) is 19.6. The Balaban J connectivity index is 1.40. The van der Waals surface area contributed by atoms with Gasteiger partial charge in [-0.25, -0.2) is 0 Å². The van der Waals surface area contributed by atoms with Crippen molar-refractivity contribution < 1.29 is 48.1 Å². The lowest BCUT2D eigenvalue weighted by molar-refractivity contribution is -0.303. The van der Waals surface area contributed by atoms with Gasteiger partial charge in [-0.2, -0.15) is 0 Å². The lowest BCUT2D eigenvalue weighted by Gasteiger charge is -2.42. The molecule has 0 saturated carbocycles. The standard InChI is InChI=1S/C38H44O10/c1-41-30-15-9-26(10-16-30)22-44-33(21-39)35(40)37(46-24-28-13-19-32(43-3)20-14-28)36-34(45-23-27-11-17-31(42-2)18-12-27)25-47-38(48-36)29-7-5-4-6-8-29/h4-20,33-40H,21-25H2,1-3H3/t33-,34+,35+,36+,37+,38?/m0/s1. The summed E-state index contributed by atoms with van der Waals surface area (Å²) in [5, 5.41) is 22.4. The summed E-state index contributed by atoms with van der Waals surface area (Å²) in [6, 6.07) is 32.0. The fourth-order valence-corrected chi connectivity index (χ4v) is 5.39. The second kappa shape index (κ2) is 18.0. The van der Waals surface area contributed by atoms with Crippen LogP contribution in [0.1, 0.15) is 28.5 Å². The zero-order valence-electron chi connectivity index (χ0n) is 27.5. The smallest absolute Gasteiger partial charge is 0.184 e. The van der Waals surface area contributed by atoms with Crippen molar-refractivity contribution in [1.82, 2.24) is 0 Å². The van der Waals surface area contributed by atoms with E-state index in [-0.39, 0.29) is 26.4 Å². The molecular weight excluding hydrogens is 616 g/mol. The SMILES string of the molecule is COc1ccc(CO[C@H]([C@H](O)[C@H](CO)OCc2ccc(OC)cc2)[C@@H]2OC(c3ccccc3)OC[C@H]2OCc2ccc(OC)cc2)cc1. The highest BCUT2D eigenvalue weighted by Gasteiger charge is 2.44. The molecule has 10 nitrogen and oxygen atoms in total. The number of benzene rings is 4. The highest BCUT2D eigenvalue weighted by atomic mass is 16.7. The van der Waals surface area contributed by atoms with Gasteiger partial charge in [0.15, 0.2) is 6.29 Å². The highest BCUT2D eigenvalue weighted by molar-refractivity contribution is 5.28. The molecule has 1 fully saturated rings. The van der Waals surface area contributed by atoms with Gasteiger partial charge in [0.25, 0.3) is 0 Å². The number of hydrogen-bond acceptors (Lipinski definition) is 10. The van der Waals surface area contributed by atoms with Crippen molar-refractivity contribution in [2.24, 2.45) is 0 Å². The van der Waals surface area contributed by atoms with Crippen molar-refractivity contribution in [2.75, 3.05) is 34.5 Å². The van der Waals surface area contributed by atoms with E-state index in [4.69, 9.17) is 37.9 Å². The molecule has 4 aromatic carbocycles. The number of ether oxygens (including phenoxy) is 8. The summed E-state index contributed by atoms with van der Waals surface area (Å²) >= 11 is 0. The van der Waals surface area contributed by atoms with Crippen LogP contribution < -0.4 is 14.2 Å². The first-order valence-electron chi connectivity index (χ1n) is 15.9. The van der Waals surface area contributed by atoms with E-state index in [0.717, 1.165) is 33.8 Å². The molecule has 5 rings (SSSR count). The molecule has 1 heterocycles. The third-order valence-corrected chi connectivity index (χ3v) is 8.20. The van der Waals surface area contributed by atoms with Crippen molar-refractivity contribution in [3.63, 3.8) is 0 Å². The molecule has 1 unspecified atom stereocenters. The van der Waals surface area contributed by atoms with Gasteiger partial charge in [0.05, 0.1) is 54.4 Å². The summed E-state index contributed by atoms with van der Waals surface area (Å²) in [5.41, 5.74) is 3.44. The molecule has 6 atom stereocenters. The van der Waals surface area contributed by atoms with Crippen LogP contribution in [0.4, 0.5) is 0 Å². The van der Waals surface area contributed by atoms with Crippen LogP contribution in [0.15, 0.2) is 103 Å². The van der Waals surface area contributed by atoms with Gasteiger partial charge in [-0.05, 0) is 53.1 Å². The molecule has 48 heavy (non-hydrogen) atoms. The molecule has 0 aliphatic carbocycles. The third-order valence-electron chi connectivity index (χ3n) is 8.20. The minimum Gasteiger partial charge on any atom is -0.497 e. The minimum atomic E-state index is -1.31. The molecular formula is C38H44O10. The second-order valence-electron chi connectivity index (χ2n) is 11.4. The Morgan fingerprint density at radius 1 is 0.667 bits per heavy atom. The Hall–Kier alpha value is -4.00. The molecule has 1 aliphatic heterocycles. The molecule has 0 bridgehead atoms. The Labute approximate surface area is 281 Å². The van der Waals surface area contributed by atoms with Gasteiger partial charge >= 0.3 is 0 Å². The summed E-state index contributed by atoms with van der Waals surface area (Å²) in [6.45, 7) is 0.265. The maximum atomic E-state index is 11.9. The van der Waals surface area contributed by atoms with Crippen molar-refractivity contribution >= 4 is 0 Å². The quantitative estimate of drug-likeness (QED) is 0.156. The monoisotopic (exact) mass is 660 g/mol. The largest absolute Gasteiger partial charge is 0.497 e. The average Bonchev–Trinajstić information content (AvgIpc) is 3.15. The molecule has 1 aliphatic rings. The summed E-state index contributed by atoms with van der Waals surface area (Å²) < 4.78 is 47.6. The molecule has 1 saturated heterocycles. The van der Waals surface area contributed by atoms with Gasteiger partial charge in [-0.15, -0.1) is 0 Å². The molecule has 0 amide bonds. The van der Waals surface area contributed by atoms with Gasteiger partial charge < -0.3 is 48.1 Å². The van der Waals surface area contributed by atoms with Gasteiger partial charge in [0.2, 0.25) is 0 Å². The number of methoxy groups -OCH3 is 3. The molecule has 0 spiro atoms. The van der Waals surface area contributed by atoms with Gasteiger partial charge in [0, 0.05) is 5.56 Å². The zero-order chi connectivity index (χ0) is 33.7. The first-order valence-corrected chi connectivity index (χ1v) is 15.9. The van der Waals surface area contributed by atoms with Gasteiger partial charge in [0.1, 0.15) is 47.8 Å². The van der Waals surface area contributed by atoms with E-state index < -0.39 is 43.4 Å². The van der Waals surface area contributed by atoms with E-state index >= 15 is 0 Å². The fourth-order valence-electron chi connectivity index (χ4n) is 5.39. The summed E-state index contributed by atoms with van der Waals surface area (Å²) in [7, 11) is 4.83. The summed E-state index contributed by atoms with van der Waals surface area (Å²) in [6.07, 6.45) is -5.48. The summed E-state index contributed by atoms with van der Waals surface area (Å²) in [4.78, 5) is 0. The Morgan fingerprint density at radius 3 is 1.67 bits per heavy atom. The van der Waals surface area contributed by atoms with E-state index in [1.807, 2.05) is 103 Å². The number of aliphatic hydroxyl groups is 2. The Morgan fingerprint density at radius 2 is 1.17 bits per heavy atom. The van der Waals surface area contributed by atoms with Gasteiger partial charge in [-0.3, -0.25) is 0 Å². The third kappa shape index (κ3) is 9.55. The first kappa shape index (κ1) is 35.3. The molecule has 256 valence electrons. The zero-order valence-corrected chi connectivity index (χ0v) is 27.5. The lowest BCUT2D eigenvalue weighted by Crippen LogP contribution is -2.56. The number of aliphatic hydroxyl groups excluding tert-OH is 2. The fraction of sp³-hybridized carbons (Fsp3) is 0.368. The topological polar surface area (TPSA) is 114 Å². The van der Waals surface area contributed by atoms with Crippen molar-refractivity contribution in [3.8, 4) is 17.2 Å². The van der Waals surface area contributed by atoms with E-state index in [9.17, 15) is 10.2 Å². The lowest BCUT2D eigenvalue weighted by atomic mass is 9.97. The van der Waals surface area contributed by atoms with Gasteiger partial charge in [-0.1, -0.05) is 66.7 Å². The van der Waals surface area contributed by atoms with E-state index in [2.05, 4.69) is 0 Å².